The molecule has 0 aromatic heterocycles. The van der Waals surface area contributed by atoms with Crippen LogP contribution in [0.1, 0.15) is 12.5 Å². The minimum absolute atomic E-state index is 0.0385. The first-order chi connectivity index (χ1) is 9.45. The monoisotopic (exact) mass is 300 g/mol. The van der Waals surface area contributed by atoms with Crippen LogP contribution in [0, 0.1) is 5.82 Å². The molecular formula is C14H18ClFN2O2. The smallest absolute Gasteiger partial charge is 0.219 e. The standard InChI is InChI=1S/C14H18ClFN2O2/c1-10(19)18-5-4-17(8-12(20)9-18)7-11-2-3-13(15)14(16)6-11/h2-3,6,12,20H,4-5,7-9H2,1H3/t12-/m1/s1. The summed E-state index contributed by atoms with van der Waals surface area (Å²) in [7, 11) is 0. The highest BCUT2D eigenvalue weighted by atomic mass is 35.5. The van der Waals surface area contributed by atoms with Gasteiger partial charge in [0.2, 0.25) is 5.91 Å². The Morgan fingerprint density at radius 1 is 1.45 bits per heavy atom. The highest BCUT2D eigenvalue weighted by Gasteiger charge is 2.22. The zero-order chi connectivity index (χ0) is 14.7. The summed E-state index contributed by atoms with van der Waals surface area (Å²) in [6.07, 6.45) is -0.585. The van der Waals surface area contributed by atoms with E-state index in [0.717, 1.165) is 5.56 Å². The molecule has 0 spiro atoms. The van der Waals surface area contributed by atoms with Crippen molar-refractivity contribution in [2.75, 3.05) is 26.2 Å². The predicted molar refractivity (Wildman–Crippen MR) is 74.9 cm³/mol. The summed E-state index contributed by atoms with van der Waals surface area (Å²) in [5, 5.41) is 10.0. The van der Waals surface area contributed by atoms with Gasteiger partial charge in [-0.3, -0.25) is 9.69 Å². The fraction of sp³-hybridized carbons (Fsp3) is 0.500. The van der Waals surface area contributed by atoms with Gasteiger partial charge in [0.15, 0.2) is 0 Å². The van der Waals surface area contributed by atoms with Gasteiger partial charge in [-0.15, -0.1) is 0 Å². The summed E-state index contributed by atoms with van der Waals surface area (Å²) >= 11 is 5.65. The van der Waals surface area contributed by atoms with E-state index in [1.54, 1.807) is 11.0 Å². The van der Waals surface area contributed by atoms with Crippen LogP contribution >= 0.6 is 11.6 Å². The number of carbonyl (C=O) groups excluding carboxylic acids is 1. The summed E-state index contributed by atoms with van der Waals surface area (Å²) in [6, 6.07) is 4.70. The van der Waals surface area contributed by atoms with Crippen molar-refractivity contribution < 1.29 is 14.3 Å². The number of carbonyl (C=O) groups is 1. The normalized spacial score (nSPS) is 20.8. The lowest BCUT2D eigenvalue weighted by Crippen LogP contribution is -2.36. The zero-order valence-electron chi connectivity index (χ0n) is 11.4. The van der Waals surface area contributed by atoms with E-state index in [9.17, 15) is 14.3 Å². The van der Waals surface area contributed by atoms with Crippen LogP contribution in [0.2, 0.25) is 5.02 Å². The Kier molecular flexibility index (Phi) is 4.96. The van der Waals surface area contributed by atoms with Gasteiger partial charge in [-0.2, -0.15) is 0 Å². The molecule has 0 saturated carbocycles. The quantitative estimate of drug-likeness (QED) is 0.900. The number of nitrogens with zero attached hydrogens (tertiary/aromatic N) is 2. The second-order valence-electron chi connectivity index (χ2n) is 5.10. The number of β-amino-alcohol motifs (C(OH)–C–C–N with tert-alkyl or cyclic N) is 1. The van der Waals surface area contributed by atoms with Crippen molar-refractivity contribution in [3.63, 3.8) is 0 Å². The average Bonchev–Trinajstić information content (AvgIpc) is 2.56. The molecule has 1 fully saturated rings. The van der Waals surface area contributed by atoms with Gasteiger partial charge in [0.1, 0.15) is 5.82 Å². The summed E-state index contributed by atoms with van der Waals surface area (Å²) in [5.41, 5.74) is 0.801. The Labute approximate surface area is 122 Å². The van der Waals surface area contributed by atoms with E-state index in [-0.39, 0.29) is 10.9 Å². The fourth-order valence-electron chi connectivity index (χ4n) is 2.38. The first-order valence-electron chi connectivity index (χ1n) is 6.55. The number of rotatable bonds is 2. The molecule has 1 atom stereocenters. The maximum atomic E-state index is 13.4. The number of amides is 1. The lowest BCUT2D eigenvalue weighted by molar-refractivity contribution is -0.129. The lowest BCUT2D eigenvalue weighted by Gasteiger charge is -2.21. The Morgan fingerprint density at radius 3 is 2.85 bits per heavy atom. The topological polar surface area (TPSA) is 43.8 Å². The minimum Gasteiger partial charge on any atom is -0.390 e. The second kappa shape index (κ2) is 6.52. The van der Waals surface area contributed by atoms with E-state index in [4.69, 9.17) is 11.6 Å². The lowest BCUT2D eigenvalue weighted by atomic mass is 10.2. The Balaban J connectivity index is 2.02. The number of aliphatic hydroxyl groups is 1. The third-order valence-electron chi connectivity index (χ3n) is 3.42. The van der Waals surface area contributed by atoms with Gasteiger partial charge in [-0.05, 0) is 17.7 Å². The second-order valence-corrected chi connectivity index (χ2v) is 5.51. The highest BCUT2D eigenvalue weighted by Crippen LogP contribution is 2.17. The van der Waals surface area contributed by atoms with E-state index in [1.807, 2.05) is 4.90 Å². The van der Waals surface area contributed by atoms with Crippen molar-refractivity contribution in [1.82, 2.24) is 9.80 Å². The summed E-state index contributed by atoms with van der Waals surface area (Å²) < 4.78 is 13.4. The van der Waals surface area contributed by atoms with Crippen LogP contribution in [0.25, 0.3) is 0 Å². The maximum Gasteiger partial charge on any atom is 0.219 e. The van der Waals surface area contributed by atoms with Gasteiger partial charge in [0, 0.05) is 39.6 Å². The van der Waals surface area contributed by atoms with Crippen LogP contribution in [-0.4, -0.2) is 53.1 Å². The fourth-order valence-corrected chi connectivity index (χ4v) is 2.50. The zero-order valence-corrected chi connectivity index (χ0v) is 12.1. The number of benzene rings is 1. The van der Waals surface area contributed by atoms with Crippen molar-refractivity contribution in [1.29, 1.82) is 0 Å². The molecule has 0 unspecified atom stereocenters. The summed E-state index contributed by atoms with van der Waals surface area (Å²) in [6.45, 7) is 4.06. The molecule has 1 aliphatic rings. The van der Waals surface area contributed by atoms with Crippen molar-refractivity contribution >= 4 is 17.5 Å². The van der Waals surface area contributed by atoms with Gasteiger partial charge >= 0.3 is 0 Å². The van der Waals surface area contributed by atoms with Crippen LogP contribution in [0.4, 0.5) is 4.39 Å². The maximum absolute atomic E-state index is 13.4. The van der Waals surface area contributed by atoms with Crippen LogP contribution in [0.15, 0.2) is 18.2 Å². The van der Waals surface area contributed by atoms with Crippen LogP contribution < -0.4 is 0 Å². The molecular weight excluding hydrogens is 283 g/mol. The molecule has 0 radical (unpaired) electrons. The molecule has 1 aliphatic heterocycles. The van der Waals surface area contributed by atoms with Gasteiger partial charge in [-0.1, -0.05) is 17.7 Å². The van der Waals surface area contributed by atoms with E-state index in [0.29, 0.717) is 32.7 Å². The molecule has 4 nitrogen and oxygen atoms in total. The molecule has 20 heavy (non-hydrogen) atoms. The molecule has 0 bridgehead atoms. The number of aliphatic hydroxyl groups excluding tert-OH is 1. The van der Waals surface area contributed by atoms with Crippen molar-refractivity contribution in [2.24, 2.45) is 0 Å². The van der Waals surface area contributed by atoms with Gasteiger partial charge in [0.05, 0.1) is 11.1 Å². The van der Waals surface area contributed by atoms with Gasteiger partial charge < -0.3 is 10.0 Å². The largest absolute Gasteiger partial charge is 0.390 e. The molecule has 1 heterocycles. The molecule has 6 heteroatoms. The first kappa shape index (κ1) is 15.2. The van der Waals surface area contributed by atoms with Crippen molar-refractivity contribution in [2.45, 2.75) is 19.6 Å². The number of hydrogen-bond acceptors (Lipinski definition) is 3. The van der Waals surface area contributed by atoms with Crippen molar-refractivity contribution in [3.8, 4) is 0 Å². The average molecular weight is 301 g/mol. The van der Waals surface area contributed by atoms with Crippen LogP contribution in [0.3, 0.4) is 0 Å². The third kappa shape index (κ3) is 3.91. The molecule has 1 aromatic carbocycles. The highest BCUT2D eigenvalue weighted by molar-refractivity contribution is 6.30. The molecule has 110 valence electrons. The molecule has 1 amide bonds. The Hall–Kier alpha value is -1.17. The van der Waals surface area contributed by atoms with E-state index >= 15 is 0 Å². The Bertz CT molecular complexity index is 498. The third-order valence-corrected chi connectivity index (χ3v) is 3.73. The summed E-state index contributed by atoms with van der Waals surface area (Å²) in [4.78, 5) is 15.0. The van der Waals surface area contributed by atoms with Crippen LogP contribution in [-0.2, 0) is 11.3 Å². The molecule has 1 saturated heterocycles. The first-order valence-corrected chi connectivity index (χ1v) is 6.93. The van der Waals surface area contributed by atoms with Gasteiger partial charge in [0.25, 0.3) is 0 Å². The molecule has 1 aromatic rings. The predicted octanol–water partition coefficient (Wildman–Crippen LogP) is 1.50. The van der Waals surface area contributed by atoms with E-state index in [1.165, 1.54) is 19.1 Å². The summed E-state index contributed by atoms with van der Waals surface area (Å²) in [5.74, 6) is -0.478. The number of hydrogen-bond donors (Lipinski definition) is 1. The van der Waals surface area contributed by atoms with Crippen molar-refractivity contribution in [3.05, 3.63) is 34.6 Å². The van der Waals surface area contributed by atoms with E-state index < -0.39 is 11.9 Å². The molecule has 0 aliphatic carbocycles. The number of halogens is 2. The van der Waals surface area contributed by atoms with Gasteiger partial charge in [-0.25, -0.2) is 4.39 Å². The SMILES string of the molecule is CC(=O)N1CCN(Cc2ccc(Cl)c(F)c2)C[C@@H](O)C1. The van der Waals surface area contributed by atoms with E-state index in [2.05, 4.69) is 0 Å². The Morgan fingerprint density at radius 2 is 2.20 bits per heavy atom. The van der Waals surface area contributed by atoms with Crippen LogP contribution in [0.5, 0.6) is 0 Å². The minimum atomic E-state index is -0.585. The molecule has 2 rings (SSSR count). The molecule has 1 N–H and O–H groups in total.